The number of nitrogens with one attached hydrogen (secondary N) is 1. The predicted molar refractivity (Wildman–Crippen MR) is 64.3 cm³/mol. The van der Waals surface area contributed by atoms with Crippen molar-refractivity contribution in [2.75, 3.05) is 0 Å². The van der Waals surface area contributed by atoms with Crippen LogP contribution in [0.25, 0.3) is 0 Å². The molecule has 0 aromatic heterocycles. The summed E-state index contributed by atoms with van der Waals surface area (Å²) >= 11 is 0. The minimum atomic E-state index is 0.339. The number of allylic oxidation sites excluding steroid dienone is 1. The van der Waals surface area contributed by atoms with Gasteiger partial charge in [0.1, 0.15) is 0 Å². The highest BCUT2D eigenvalue weighted by molar-refractivity contribution is 5.52. The van der Waals surface area contributed by atoms with Crippen LogP contribution in [0.3, 0.4) is 0 Å². The zero-order valence-electron chi connectivity index (χ0n) is 10.3. The summed E-state index contributed by atoms with van der Waals surface area (Å²) in [5, 5.41) is 3.86. The summed E-state index contributed by atoms with van der Waals surface area (Å²) in [6.45, 7) is 13.9. The van der Waals surface area contributed by atoms with E-state index < -0.39 is 0 Å². The van der Waals surface area contributed by atoms with Crippen LogP contribution in [0.1, 0.15) is 48.5 Å². The fraction of sp³-hybridized carbons (Fsp3) is 0.727. The molecule has 0 aromatic carbocycles. The molecule has 0 aliphatic carbocycles. The monoisotopic (exact) mass is 186 g/mol. The molecule has 0 spiro atoms. The van der Waals surface area contributed by atoms with Crippen LogP contribution >= 0.6 is 0 Å². The highest BCUT2D eigenvalue weighted by Crippen LogP contribution is 1.82. The van der Waals surface area contributed by atoms with E-state index in [1.165, 1.54) is 0 Å². The Labute approximate surface area is 84.1 Å². The van der Waals surface area contributed by atoms with Crippen LogP contribution in [0.5, 0.6) is 0 Å². The molecular weight excluding hydrogens is 160 g/mol. The normalized spacial score (nSPS) is 11.3. The Morgan fingerprint density at radius 2 is 1.54 bits per heavy atom. The molecule has 0 aliphatic rings. The van der Waals surface area contributed by atoms with Gasteiger partial charge in [0.15, 0.2) is 0 Å². The Morgan fingerprint density at radius 3 is 1.85 bits per heavy atom. The van der Waals surface area contributed by atoms with Crippen molar-refractivity contribution in [3.63, 3.8) is 0 Å². The SMILES string of the molecule is C/C=C\C(C)N/N=C\C.CC.CC. The summed E-state index contributed by atoms with van der Waals surface area (Å²) in [4.78, 5) is 0. The molecular formula is C11H26N2. The van der Waals surface area contributed by atoms with Crippen LogP contribution in [0.15, 0.2) is 17.3 Å². The van der Waals surface area contributed by atoms with E-state index in [0.717, 1.165) is 0 Å². The second-order valence-electron chi connectivity index (χ2n) is 1.83. The van der Waals surface area contributed by atoms with Crippen molar-refractivity contribution in [1.29, 1.82) is 0 Å². The molecule has 1 unspecified atom stereocenters. The molecule has 2 nitrogen and oxygen atoms in total. The topological polar surface area (TPSA) is 24.4 Å². The van der Waals surface area contributed by atoms with Gasteiger partial charge in [0.25, 0.3) is 0 Å². The minimum absolute atomic E-state index is 0.339. The third-order valence-corrected chi connectivity index (χ3v) is 0.888. The van der Waals surface area contributed by atoms with E-state index in [1.54, 1.807) is 6.21 Å². The third kappa shape index (κ3) is 24.7. The van der Waals surface area contributed by atoms with Crippen molar-refractivity contribution in [3.05, 3.63) is 12.2 Å². The fourth-order valence-electron chi connectivity index (χ4n) is 0.524. The molecule has 0 saturated heterocycles. The summed E-state index contributed by atoms with van der Waals surface area (Å²) < 4.78 is 0. The predicted octanol–water partition coefficient (Wildman–Crippen LogP) is 3.60. The summed E-state index contributed by atoms with van der Waals surface area (Å²) in [5.41, 5.74) is 2.92. The maximum atomic E-state index is 3.86. The number of hydrogen-bond donors (Lipinski definition) is 1. The molecule has 0 heterocycles. The highest BCUT2D eigenvalue weighted by atomic mass is 15.3. The number of hydrogen-bond acceptors (Lipinski definition) is 2. The smallest absolute Gasteiger partial charge is 0.0591 e. The highest BCUT2D eigenvalue weighted by Gasteiger charge is 1.86. The Bertz CT molecular complexity index is 107. The summed E-state index contributed by atoms with van der Waals surface area (Å²) in [7, 11) is 0. The van der Waals surface area contributed by atoms with E-state index in [4.69, 9.17) is 0 Å². The van der Waals surface area contributed by atoms with Crippen LogP contribution in [0, 0.1) is 0 Å². The van der Waals surface area contributed by atoms with Crippen molar-refractivity contribution in [3.8, 4) is 0 Å². The van der Waals surface area contributed by atoms with E-state index >= 15 is 0 Å². The first-order valence-corrected chi connectivity index (χ1v) is 5.17. The quantitative estimate of drug-likeness (QED) is 0.406. The molecule has 13 heavy (non-hydrogen) atoms. The molecule has 0 fully saturated rings. The molecule has 0 bridgehead atoms. The molecule has 1 atom stereocenters. The average Bonchev–Trinajstić information content (AvgIpc) is 2.21. The van der Waals surface area contributed by atoms with Gasteiger partial charge >= 0.3 is 0 Å². The molecule has 80 valence electrons. The van der Waals surface area contributed by atoms with Crippen molar-refractivity contribution in [2.24, 2.45) is 5.10 Å². The number of rotatable bonds is 3. The first-order valence-electron chi connectivity index (χ1n) is 5.17. The van der Waals surface area contributed by atoms with Gasteiger partial charge in [-0.25, -0.2) is 0 Å². The molecule has 1 N–H and O–H groups in total. The van der Waals surface area contributed by atoms with Crippen LogP contribution in [0.2, 0.25) is 0 Å². The second kappa shape index (κ2) is 22.5. The fourth-order valence-corrected chi connectivity index (χ4v) is 0.524. The molecule has 0 radical (unpaired) electrons. The van der Waals surface area contributed by atoms with E-state index in [9.17, 15) is 0 Å². The van der Waals surface area contributed by atoms with Crippen LogP contribution in [-0.2, 0) is 0 Å². The standard InChI is InChI=1S/C7H14N2.2C2H6/c1-4-6-7(3)9-8-5-2;2*1-2/h4-7,9H,1-3H3;2*1-2H3/b6-4-,8-5-;;. The number of nitrogens with zero attached hydrogens (tertiary/aromatic N) is 1. The minimum Gasteiger partial charge on any atom is -0.304 e. The van der Waals surface area contributed by atoms with Gasteiger partial charge in [-0.1, -0.05) is 39.8 Å². The molecule has 0 aliphatic heterocycles. The van der Waals surface area contributed by atoms with Crippen molar-refractivity contribution in [2.45, 2.75) is 54.5 Å². The molecule has 0 aromatic rings. The average molecular weight is 186 g/mol. The summed E-state index contributed by atoms with van der Waals surface area (Å²) in [5.74, 6) is 0. The van der Waals surface area contributed by atoms with Gasteiger partial charge in [-0.3, -0.25) is 0 Å². The molecule has 0 saturated carbocycles. The molecule has 0 rings (SSSR count). The van der Waals surface area contributed by atoms with Gasteiger partial charge in [-0.05, 0) is 20.8 Å². The lowest BCUT2D eigenvalue weighted by Gasteiger charge is -2.02. The molecule has 2 heteroatoms. The zero-order valence-corrected chi connectivity index (χ0v) is 10.3. The maximum absolute atomic E-state index is 3.86. The van der Waals surface area contributed by atoms with Gasteiger partial charge in [-0.15, -0.1) is 0 Å². The van der Waals surface area contributed by atoms with Gasteiger partial charge in [-0.2, -0.15) is 5.10 Å². The van der Waals surface area contributed by atoms with Crippen LogP contribution < -0.4 is 5.43 Å². The Kier molecular flexibility index (Phi) is 31.3. The lowest BCUT2D eigenvalue weighted by atomic mass is 10.3. The van der Waals surface area contributed by atoms with E-state index in [1.807, 2.05) is 60.6 Å². The molecule has 0 amide bonds. The first-order chi connectivity index (χ1) is 6.31. The lowest BCUT2D eigenvalue weighted by molar-refractivity contribution is 0.674. The summed E-state index contributed by atoms with van der Waals surface area (Å²) in [6.07, 6.45) is 5.79. The Morgan fingerprint density at radius 1 is 1.08 bits per heavy atom. The van der Waals surface area contributed by atoms with E-state index in [-0.39, 0.29) is 0 Å². The maximum Gasteiger partial charge on any atom is 0.0591 e. The van der Waals surface area contributed by atoms with Crippen molar-refractivity contribution < 1.29 is 0 Å². The van der Waals surface area contributed by atoms with Gasteiger partial charge in [0, 0.05) is 6.21 Å². The van der Waals surface area contributed by atoms with Crippen LogP contribution in [-0.4, -0.2) is 12.3 Å². The van der Waals surface area contributed by atoms with E-state index in [2.05, 4.69) is 10.5 Å². The Balaban J connectivity index is -0.000000218. The van der Waals surface area contributed by atoms with Crippen molar-refractivity contribution >= 4 is 6.21 Å². The van der Waals surface area contributed by atoms with Gasteiger partial charge in [0.05, 0.1) is 6.04 Å². The van der Waals surface area contributed by atoms with Crippen molar-refractivity contribution in [1.82, 2.24) is 5.43 Å². The van der Waals surface area contributed by atoms with E-state index in [0.29, 0.717) is 6.04 Å². The number of hydrazone groups is 1. The zero-order chi connectivity index (χ0) is 11.1. The largest absolute Gasteiger partial charge is 0.304 e. The second-order valence-corrected chi connectivity index (χ2v) is 1.83. The van der Waals surface area contributed by atoms with Gasteiger partial charge < -0.3 is 5.43 Å². The lowest BCUT2D eigenvalue weighted by Crippen LogP contribution is -2.17. The first kappa shape index (κ1) is 18.1. The third-order valence-electron chi connectivity index (χ3n) is 0.888. The Hall–Kier alpha value is -0.790. The van der Waals surface area contributed by atoms with Gasteiger partial charge in [0.2, 0.25) is 0 Å². The van der Waals surface area contributed by atoms with Crippen LogP contribution in [0.4, 0.5) is 0 Å². The summed E-state index contributed by atoms with van der Waals surface area (Å²) in [6, 6.07) is 0.339.